The van der Waals surface area contributed by atoms with E-state index < -0.39 is 10.6 Å². The maximum absolute atomic E-state index is 8.36. The maximum atomic E-state index is 8.36. The van der Waals surface area contributed by atoms with Crippen LogP contribution in [0.15, 0.2) is 22.0 Å². The fourth-order valence-electron chi connectivity index (χ4n) is 0.702. The number of nitrogens with zero attached hydrogens (tertiary/aromatic N) is 3. The van der Waals surface area contributed by atoms with Gasteiger partial charge in [0.15, 0.2) is 5.54 Å². The molecule has 0 radical (unpaired) electrons. The zero-order valence-electron chi connectivity index (χ0n) is 7.76. The van der Waals surface area contributed by atoms with E-state index in [2.05, 4.69) is 10.2 Å². The first-order valence-corrected chi connectivity index (χ1v) is 3.57. The molecular formula is C6H11N5O3. The molecule has 0 amide bonds. The van der Waals surface area contributed by atoms with Gasteiger partial charge in [0.2, 0.25) is 0 Å². The summed E-state index contributed by atoms with van der Waals surface area (Å²) in [5, 5.41) is 28.4. The molecule has 1 rings (SSSR count). The molecule has 0 aromatic rings. The standard InChI is InChI=1S/C6H10N4.HNO3/c1-4-3-9-10-6(4,2)5(7)8;2-1(3)4/h3H,1-2H3,(H3,7,8);(H,2,3,4). The van der Waals surface area contributed by atoms with E-state index in [-0.39, 0.29) is 5.84 Å². The summed E-state index contributed by atoms with van der Waals surface area (Å²) in [6.07, 6.45) is 1.63. The first-order valence-electron chi connectivity index (χ1n) is 3.57. The molecule has 1 unspecified atom stereocenters. The fraction of sp³-hybridized carbons (Fsp3) is 0.500. The predicted molar refractivity (Wildman–Crippen MR) is 47.7 cm³/mol. The van der Waals surface area contributed by atoms with Crippen LogP contribution < -0.4 is 5.73 Å². The van der Waals surface area contributed by atoms with Gasteiger partial charge in [-0.15, -0.1) is 10.1 Å². The summed E-state index contributed by atoms with van der Waals surface area (Å²) in [4.78, 5) is 8.36. The highest BCUT2D eigenvalue weighted by atomic mass is 16.9. The van der Waals surface area contributed by atoms with Crippen molar-refractivity contribution in [3.8, 4) is 0 Å². The molecule has 1 heterocycles. The molecule has 0 fully saturated rings. The lowest BCUT2D eigenvalue weighted by atomic mass is 9.95. The van der Waals surface area contributed by atoms with E-state index >= 15 is 0 Å². The minimum atomic E-state index is -1.50. The van der Waals surface area contributed by atoms with Crippen molar-refractivity contribution in [1.82, 2.24) is 0 Å². The summed E-state index contributed by atoms with van der Waals surface area (Å²) in [7, 11) is 0. The van der Waals surface area contributed by atoms with Crippen molar-refractivity contribution in [2.75, 3.05) is 0 Å². The predicted octanol–water partition coefficient (Wildman–Crippen LogP) is 0.703. The van der Waals surface area contributed by atoms with Gasteiger partial charge in [-0.25, -0.2) is 0 Å². The molecule has 14 heavy (non-hydrogen) atoms. The molecule has 0 bridgehead atoms. The molecule has 0 spiro atoms. The van der Waals surface area contributed by atoms with E-state index in [0.717, 1.165) is 5.57 Å². The number of nitrogens with two attached hydrogens (primary N) is 1. The van der Waals surface area contributed by atoms with Gasteiger partial charge in [0.25, 0.3) is 5.09 Å². The number of hydrogen-bond donors (Lipinski definition) is 3. The van der Waals surface area contributed by atoms with Gasteiger partial charge in [0.1, 0.15) is 5.84 Å². The van der Waals surface area contributed by atoms with Gasteiger partial charge in [-0.2, -0.15) is 10.2 Å². The summed E-state index contributed by atoms with van der Waals surface area (Å²) in [6, 6.07) is 0. The highest BCUT2D eigenvalue weighted by molar-refractivity contribution is 5.90. The largest absolute Gasteiger partial charge is 0.385 e. The molecule has 0 aliphatic carbocycles. The van der Waals surface area contributed by atoms with Crippen LogP contribution >= 0.6 is 0 Å². The van der Waals surface area contributed by atoms with Gasteiger partial charge < -0.3 is 10.9 Å². The van der Waals surface area contributed by atoms with Crippen LogP contribution in [0, 0.1) is 15.5 Å². The summed E-state index contributed by atoms with van der Waals surface area (Å²) in [5.74, 6) is 0.0440. The van der Waals surface area contributed by atoms with Crippen molar-refractivity contribution < 1.29 is 10.3 Å². The lowest BCUT2D eigenvalue weighted by Gasteiger charge is -2.18. The Morgan fingerprint density at radius 3 is 2.43 bits per heavy atom. The minimum absolute atomic E-state index is 0.0440. The summed E-state index contributed by atoms with van der Waals surface area (Å²) in [5.41, 5.74) is 5.56. The Labute approximate surface area is 79.7 Å². The van der Waals surface area contributed by atoms with Crippen molar-refractivity contribution in [3.63, 3.8) is 0 Å². The van der Waals surface area contributed by atoms with Crippen molar-refractivity contribution in [3.05, 3.63) is 21.9 Å². The second-order valence-corrected chi connectivity index (χ2v) is 2.75. The highest BCUT2D eigenvalue weighted by Gasteiger charge is 2.32. The first kappa shape index (κ1) is 12.0. The Hall–Kier alpha value is -1.99. The van der Waals surface area contributed by atoms with E-state index in [4.69, 9.17) is 26.5 Å². The normalized spacial score (nSPS) is 23.4. The number of nitrogens with one attached hydrogen (secondary N) is 1. The molecule has 1 atom stereocenters. The van der Waals surface area contributed by atoms with Crippen LogP contribution in [0.1, 0.15) is 13.8 Å². The first-order chi connectivity index (χ1) is 6.30. The molecule has 8 nitrogen and oxygen atoms in total. The third-order valence-electron chi connectivity index (χ3n) is 1.80. The van der Waals surface area contributed by atoms with Crippen LogP contribution in [0.3, 0.4) is 0 Å². The van der Waals surface area contributed by atoms with Crippen molar-refractivity contribution in [2.45, 2.75) is 19.4 Å². The lowest BCUT2D eigenvalue weighted by molar-refractivity contribution is -0.742. The topological polar surface area (TPSA) is 138 Å². The van der Waals surface area contributed by atoms with Crippen LogP contribution in [0.5, 0.6) is 0 Å². The van der Waals surface area contributed by atoms with Gasteiger partial charge in [-0.1, -0.05) is 0 Å². The van der Waals surface area contributed by atoms with Gasteiger partial charge in [-0.3, -0.25) is 5.41 Å². The second kappa shape index (κ2) is 4.30. The molecule has 4 N–H and O–H groups in total. The number of hydrogen-bond acceptors (Lipinski definition) is 5. The van der Waals surface area contributed by atoms with Crippen molar-refractivity contribution in [2.24, 2.45) is 16.0 Å². The zero-order valence-corrected chi connectivity index (χ0v) is 7.76. The number of rotatable bonds is 1. The quantitative estimate of drug-likeness (QED) is 0.248. The van der Waals surface area contributed by atoms with Crippen LogP contribution in [-0.2, 0) is 0 Å². The number of azo groups is 1. The van der Waals surface area contributed by atoms with Gasteiger partial charge in [0, 0.05) is 0 Å². The molecule has 0 saturated heterocycles. The average Bonchev–Trinajstić information content (AvgIpc) is 2.32. The van der Waals surface area contributed by atoms with Crippen LogP contribution in [0.4, 0.5) is 0 Å². The van der Waals surface area contributed by atoms with Gasteiger partial charge >= 0.3 is 0 Å². The van der Waals surface area contributed by atoms with E-state index in [1.54, 1.807) is 13.1 Å². The zero-order chi connectivity index (χ0) is 11.4. The molecule has 1 aliphatic rings. The summed E-state index contributed by atoms with van der Waals surface area (Å²) >= 11 is 0. The van der Waals surface area contributed by atoms with Crippen LogP contribution in [0.2, 0.25) is 0 Å². The Kier molecular flexibility index (Phi) is 3.69. The van der Waals surface area contributed by atoms with Crippen LogP contribution in [0.25, 0.3) is 0 Å². The summed E-state index contributed by atoms with van der Waals surface area (Å²) in [6.45, 7) is 3.64. The third-order valence-corrected chi connectivity index (χ3v) is 1.80. The molecule has 78 valence electrons. The molecular weight excluding hydrogens is 190 g/mol. The second-order valence-electron chi connectivity index (χ2n) is 2.75. The monoisotopic (exact) mass is 201 g/mol. The molecule has 0 aromatic heterocycles. The maximum Gasteiger partial charge on any atom is 0.291 e. The van der Waals surface area contributed by atoms with E-state index in [0.29, 0.717) is 0 Å². The Morgan fingerprint density at radius 2 is 2.29 bits per heavy atom. The third kappa shape index (κ3) is 2.81. The lowest BCUT2D eigenvalue weighted by Crippen LogP contribution is -2.38. The minimum Gasteiger partial charge on any atom is -0.385 e. The van der Waals surface area contributed by atoms with E-state index in [1.807, 2.05) is 6.92 Å². The molecule has 0 saturated carbocycles. The average molecular weight is 201 g/mol. The fourth-order valence-corrected chi connectivity index (χ4v) is 0.702. The summed E-state index contributed by atoms with van der Waals surface area (Å²) < 4.78 is 0. The molecule has 0 aromatic carbocycles. The van der Waals surface area contributed by atoms with Gasteiger partial charge in [0.05, 0.1) is 6.20 Å². The SMILES string of the molecule is CC1=CN=NC1(C)C(=N)N.O=[N+]([O-])O. The van der Waals surface area contributed by atoms with Crippen molar-refractivity contribution >= 4 is 5.84 Å². The molecule has 8 heteroatoms. The van der Waals surface area contributed by atoms with E-state index in [1.165, 1.54) is 0 Å². The van der Waals surface area contributed by atoms with Gasteiger partial charge in [-0.05, 0) is 19.4 Å². The smallest absolute Gasteiger partial charge is 0.291 e. The Balaban J connectivity index is 0.000000364. The number of amidine groups is 1. The van der Waals surface area contributed by atoms with Crippen molar-refractivity contribution in [1.29, 1.82) is 5.41 Å². The Bertz CT molecular complexity index is 307. The van der Waals surface area contributed by atoms with E-state index in [9.17, 15) is 0 Å². The Morgan fingerprint density at radius 1 is 1.86 bits per heavy atom. The highest BCUT2D eigenvalue weighted by Crippen LogP contribution is 2.26. The van der Waals surface area contributed by atoms with Crippen LogP contribution in [-0.4, -0.2) is 21.7 Å². The molecule has 1 aliphatic heterocycles.